The van der Waals surface area contributed by atoms with Gasteiger partial charge in [-0.3, -0.25) is 0 Å². The third-order valence-corrected chi connectivity index (χ3v) is 3.09. The predicted molar refractivity (Wildman–Crippen MR) is 57.2 cm³/mol. The summed E-state index contributed by atoms with van der Waals surface area (Å²) < 4.78 is 2.25. The first-order valence-electron chi connectivity index (χ1n) is 5.61. The quantitative estimate of drug-likeness (QED) is 0.795. The van der Waals surface area contributed by atoms with Crippen molar-refractivity contribution in [2.24, 2.45) is 0 Å². The fourth-order valence-corrected chi connectivity index (χ4v) is 2.39. The summed E-state index contributed by atoms with van der Waals surface area (Å²) in [6.45, 7) is 3.27. The van der Waals surface area contributed by atoms with Crippen LogP contribution in [0.15, 0.2) is 18.7 Å². The molecule has 0 amide bonds. The molecule has 3 nitrogen and oxygen atoms in total. The molecule has 1 aromatic rings. The fraction of sp³-hybridized carbons (Fsp3) is 0.727. The number of imidazole rings is 1. The van der Waals surface area contributed by atoms with Crippen molar-refractivity contribution in [1.29, 1.82) is 0 Å². The van der Waals surface area contributed by atoms with Crippen LogP contribution in [0.1, 0.15) is 38.6 Å². The Labute approximate surface area is 85.5 Å². The topological polar surface area (TPSA) is 29.9 Å². The first-order chi connectivity index (χ1) is 6.90. The Balaban J connectivity index is 1.94. The van der Waals surface area contributed by atoms with Crippen LogP contribution < -0.4 is 5.32 Å². The molecule has 1 N–H and O–H groups in total. The second-order valence-corrected chi connectivity index (χ2v) is 4.08. The van der Waals surface area contributed by atoms with Crippen LogP contribution in [0.2, 0.25) is 0 Å². The van der Waals surface area contributed by atoms with E-state index in [2.05, 4.69) is 28.0 Å². The van der Waals surface area contributed by atoms with Gasteiger partial charge in [-0.1, -0.05) is 6.92 Å². The number of aromatic nitrogens is 2. The molecule has 0 bridgehead atoms. The molecule has 2 unspecified atom stereocenters. The SMILES string of the molecule is CCNC1CCCC(n2ccnc2)C1. The molecule has 78 valence electrons. The van der Waals surface area contributed by atoms with Crippen LogP contribution in [-0.4, -0.2) is 22.1 Å². The first-order valence-corrected chi connectivity index (χ1v) is 5.61. The van der Waals surface area contributed by atoms with Gasteiger partial charge in [0.25, 0.3) is 0 Å². The van der Waals surface area contributed by atoms with Crippen molar-refractivity contribution in [2.45, 2.75) is 44.7 Å². The maximum absolute atomic E-state index is 4.11. The summed E-state index contributed by atoms with van der Waals surface area (Å²) >= 11 is 0. The molecular formula is C11H19N3. The van der Waals surface area contributed by atoms with Crippen LogP contribution in [0.5, 0.6) is 0 Å². The lowest BCUT2D eigenvalue weighted by Gasteiger charge is -2.30. The minimum atomic E-state index is 0.662. The van der Waals surface area contributed by atoms with Crippen LogP contribution in [-0.2, 0) is 0 Å². The van der Waals surface area contributed by atoms with Gasteiger partial charge in [0.05, 0.1) is 6.33 Å². The molecule has 1 heterocycles. The van der Waals surface area contributed by atoms with Crippen molar-refractivity contribution in [3.8, 4) is 0 Å². The number of hydrogen-bond donors (Lipinski definition) is 1. The molecule has 0 aromatic carbocycles. The Bertz CT molecular complexity index is 254. The van der Waals surface area contributed by atoms with Crippen molar-refractivity contribution >= 4 is 0 Å². The minimum Gasteiger partial charge on any atom is -0.334 e. The zero-order valence-corrected chi connectivity index (χ0v) is 8.82. The highest BCUT2D eigenvalue weighted by atomic mass is 15.1. The van der Waals surface area contributed by atoms with Gasteiger partial charge in [0.1, 0.15) is 0 Å². The highest BCUT2D eigenvalue weighted by Crippen LogP contribution is 2.27. The van der Waals surface area contributed by atoms with E-state index in [1.165, 1.54) is 25.7 Å². The van der Waals surface area contributed by atoms with E-state index in [9.17, 15) is 0 Å². The van der Waals surface area contributed by atoms with Crippen LogP contribution >= 0.6 is 0 Å². The summed E-state index contributed by atoms with van der Waals surface area (Å²) in [6, 6.07) is 1.37. The highest BCUT2D eigenvalue weighted by Gasteiger charge is 2.21. The summed E-state index contributed by atoms with van der Waals surface area (Å²) in [7, 11) is 0. The van der Waals surface area contributed by atoms with Crippen LogP contribution in [0, 0.1) is 0 Å². The molecule has 3 heteroatoms. The van der Waals surface area contributed by atoms with Crippen molar-refractivity contribution in [3.63, 3.8) is 0 Å². The number of hydrogen-bond acceptors (Lipinski definition) is 2. The Kier molecular flexibility index (Phi) is 3.19. The average Bonchev–Trinajstić information content (AvgIpc) is 2.71. The molecule has 2 rings (SSSR count). The van der Waals surface area contributed by atoms with Crippen molar-refractivity contribution in [3.05, 3.63) is 18.7 Å². The molecule has 0 spiro atoms. The lowest BCUT2D eigenvalue weighted by Crippen LogP contribution is -2.34. The normalized spacial score (nSPS) is 27.8. The second-order valence-electron chi connectivity index (χ2n) is 4.08. The standard InChI is InChI=1S/C11H19N3/c1-2-13-10-4-3-5-11(8-10)14-7-6-12-9-14/h6-7,9-11,13H,2-5,8H2,1H3. The Hall–Kier alpha value is -0.830. The molecule has 14 heavy (non-hydrogen) atoms. The number of rotatable bonds is 3. The molecule has 0 aliphatic heterocycles. The van der Waals surface area contributed by atoms with Crippen molar-refractivity contribution in [2.75, 3.05) is 6.54 Å². The molecule has 0 saturated heterocycles. The van der Waals surface area contributed by atoms with Crippen LogP contribution in [0.3, 0.4) is 0 Å². The Morgan fingerprint density at radius 2 is 2.43 bits per heavy atom. The Morgan fingerprint density at radius 1 is 1.50 bits per heavy atom. The predicted octanol–water partition coefficient (Wildman–Crippen LogP) is 1.98. The lowest BCUT2D eigenvalue weighted by atomic mass is 9.91. The summed E-state index contributed by atoms with van der Waals surface area (Å²) in [5.41, 5.74) is 0. The first kappa shape index (κ1) is 9.71. The van der Waals surface area contributed by atoms with E-state index in [0.29, 0.717) is 12.1 Å². The Morgan fingerprint density at radius 3 is 3.14 bits per heavy atom. The van der Waals surface area contributed by atoms with Gasteiger partial charge in [0.2, 0.25) is 0 Å². The van der Waals surface area contributed by atoms with Gasteiger partial charge in [0.15, 0.2) is 0 Å². The van der Waals surface area contributed by atoms with E-state index in [1.807, 2.05) is 12.5 Å². The molecular weight excluding hydrogens is 174 g/mol. The van der Waals surface area contributed by atoms with E-state index in [0.717, 1.165) is 6.54 Å². The van der Waals surface area contributed by atoms with E-state index in [4.69, 9.17) is 0 Å². The monoisotopic (exact) mass is 193 g/mol. The van der Waals surface area contributed by atoms with Crippen LogP contribution in [0.25, 0.3) is 0 Å². The molecule has 2 atom stereocenters. The number of nitrogens with one attached hydrogen (secondary N) is 1. The van der Waals surface area contributed by atoms with Gasteiger partial charge >= 0.3 is 0 Å². The van der Waals surface area contributed by atoms with Crippen molar-refractivity contribution < 1.29 is 0 Å². The van der Waals surface area contributed by atoms with Gasteiger partial charge in [-0.15, -0.1) is 0 Å². The summed E-state index contributed by atoms with van der Waals surface area (Å²) in [4.78, 5) is 4.11. The number of nitrogens with zero attached hydrogens (tertiary/aromatic N) is 2. The maximum atomic E-state index is 4.11. The second kappa shape index (κ2) is 4.60. The fourth-order valence-electron chi connectivity index (χ4n) is 2.39. The summed E-state index contributed by atoms with van der Waals surface area (Å²) in [5.74, 6) is 0. The van der Waals surface area contributed by atoms with Gasteiger partial charge in [-0.2, -0.15) is 0 Å². The minimum absolute atomic E-state index is 0.662. The average molecular weight is 193 g/mol. The van der Waals surface area contributed by atoms with E-state index in [-0.39, 0.29) is 0 Å². The molecule has 0 radical (unpaired) electrons. The third-order valence-electron chi connectivity index (χ3n) is 3.09. The molecule has 1 aliphatic carbocycles. The van der Waals surface area contributed by atoms with E-state index in [1.54, 1.807) is 0 Å². The zero-order chi connectivity index (χ0) is 9.80. The highest BCUT2D eigenvalue weighted by molar-refractivity contribution is 4.86. The molecule has 1 fully saturated rings. The van der Waals surface area contributed by atoms with Crippen molar-refractivity contribution in [1.82, 2.24) is 14.9 Å². The maximum Gasteiger partial charge on any atom is 0.0948 e. The zero-order valence-electron chi connectivity index (χ0n) is 8.82. The van der Waals surface area contributed by atoms with Gasteiger partial charge in [0, 0.05) is 24.5 Å². The molecule has 1 saturated carbocycles. The largest absolute Gasteiger partial charge is 0.334 e. The smallest absolute Gasteiger partial charge is 0.0948 e. The van der Waals surface area contributed by atoms with Gasteiger partial charge < -0.3 is 9.88 Å². The van der Waals surface area contributed by atoms with E-state index < -0.39 is 0 Å². The van der Waals surface area contributed by atoms with E-state index >= 15 is 0 Å². The van der Waals surface area contributed by atoms with Gasteiger partial charge in [-0.05, 0) is 32.2 Å². The molecule has 1 aliphatic rings. The molecule has 1 aromatic heterocycles. The third kappa shape index (κ3) is 2.15. The summed E-state index contributed by atoms with van der Waals surface area (Å²) in [5, 5.41) is 3.54. The summed E-state index contributed by atoms with van der Waals surface area (Å²) in [6.07, 6.45) is 11.1. The van der Waals surface area contributed by atoms with Crippen LogP contribution in [0.4, 0.5) is 0 Å². The lowest BCUT2D eigenvalue weighted by molar-refractivity contribution is 0.287. The van der Waals surface area contributed by atoms with Gasteiger partial charge in [-0.25, -0.2) is 4.98 Å².